The fourth-order valence-corrected chi connectivity index (χ4v) is 3.86. The molecular weight excluding hydrogens is 419 g/mol. The van der Waals surface area contributed by atoms with E-state index in [1.54, 1.807) is 24.5 Å². The maximum atomic E-state index is 12.9. The summed E-state index contributed by atoms with van der Waals surface area (Å²) in [5.74, 6) is 0. The van der Waals surface area contributed by atoms with Crippen molar-refractivity contribution in [1.82, 2.24) is 10.3 Å². The van der Waals surface area contributed by atoms with Crippen LogP contribution in [0.2, 0.25) is 0 Å². The summed E-state index contributed by atoms with van der Waals surface area (Å²) < 4.78 is 63.8. The molecule has 6 nitrogen and oxygen atoms in total. The van der Waals surface area contributed by atoms with Crippen molar-refractivity contribution in [2.45, 2.75) is 22.5 Å². The second-order valence-electron chi connectivity index (χ2n) is 6.22. The number of hydrogen-bond donors (Lipinski definition) is 2. The van der Waals surface area contributed by atoms with Crippen molar-refractivity contribution in [3.63, 3.8) is 0 Å². The number of carbonyl (C=O) groups excluding carboxylic acids is 1. The molecule has 0 aliphatic carbocycles. The monoisotopic (exact) mass is 435 g/mol. The van der Waals surface area contributed by atoms with Crippen molar-refractivity contribution in [3.05, 3.63) is 84.2 Å². The average Bonchev–Trinajstić information content (AvgIpc) is 2.73. The van der Waals surface area contributed by atoms with Crippen molar-refractivity contribution in [3.8, 4) is 0 Å². The normalized spacial score (nSPS) is 11.7. The van der Waals surface area contributed by atoms with Crippen molar-refractivity contribution in [2.24, 2.45) is 0 Å². The van der Waals surface area contributed by atoms with Crippen LogP contribution in [0.1, 0.15) is 11.1 Å². The van der Waals surface area contributed by atoms with E-state index >= 15 is 0 Å². The maximum absolute atomic E-state index is 12.9. The van der Waals surface area contributed by atoms with Gasteiger partial charge in [0.25, 0.3) is 0 Å². The van der Waals surface area contributed by atoms with Crippen LogP contribution in [0.15, 0.2) is 82.8 Å². The van der Waals surface area contributed by atoms with Gasteiger partial charge in [0.05, 0.1) is 15.4 Å². The quantitative estimate of drug-likeness (QED) is 0.627. The number of nitrogens with zero attached hydrogens (tertiary/aromatic N) is 1. The van der Waals surface area contributed by atoms with Crippen LogP contribution in [0.25, 0.3) is 0 Å². The number of aromatic nitrogens is 1. The van der Waals surface area contributed by atoms with Gasteiger partial charge in [0, 0.05) is 24.6 Å². The van der Waals surface area contributed by atoms with Gasteiger partial charge < -0.3 is 10.6 Å². The third-order valence-corrected chi connectivity index (χ3v) is 5.86. The number of amides is 2. The Balaban J connectivity index is 1.69. The average molecular weight is 435 g/mol. The number of alkyl halides is 3. The first-order valence-corrected chi connectivity index (χ1v) is 10.1. The van der Waals surface area contributed by atoms with E-state index in [1.807, 2.05) is 0 Å². The Kier molecular flexibility index (Phi) is 6.06. The second-order valence-corrected chi connectivity index (χ2v) is 8.17. The number of halogens is 3. The second kappa shape index (κ2) is 8.54. The van der Waals surface area contributed by atoms with Gasteiger partial charge in [0.1, 0.15) is 0 Å². The molecule has 0 aliphatic rings. The molecule has 2 N–H and O–H groups in total. The van der Waals surface area contributed by atoms with Crippen molar-refractivity contribution in [2.75, 3.05) is 5.32 Å². The number of pyridine rings is 1. The largest absolute Gasteiger partial charge is 0.416 e. The maximum Gasteiger partial charge on any atom is 0.416 e. The van der Waals surface area contributed by atoms with E-state index < -0.39 is 32.5 Å². The van der Waals surface area contributed by atoms with E-state index in [0.717, 1.165) is 23.8 Å². The number of anilines is 1. The van der Waals surface area contributed by atoms with Crippen LogP contribution in [0.4, 0.5) is 23.7 Å². The molecule has 3 rings (SSSR count). The highest BCUT2D eigenvalue weighted by atomic mass is 32.2. The number of rotatable bonds is 5. The van der Waals surface area contributed by atoms with Gasteiger partial charge in [-0.2, -0.15) is 13.2 Å². The van der Waals surface area contributed by atoms with Crippen molar-refractivity contribution >= 4 is 21.6 Å². The van der Waals surface area contributed by atoms with Gasteiger partial charge in [0.2, 0.25) is 9.84 Å². The Bertz CT molecular complexity index is 1130. The van der Waals surface area contributed by atoms with Gasteiger partial charge in [-0.25, -0.2) is 13.2 Å². The molecule has 0 spiro atoms. The molecule has 30 heavy (non-hydrogen) atoms. The van der Waals surface area contributed by atoms with Gasteiger partial charge in [-0.05, 0) is 60.2 Å². The fourth-order valence-electron chi connectivity index (χ4n) is 2.55. The smallest absolute Gasteiger partial charge is 0.334 e. The topological polar surface area (TPSA) is 88.2 Å². The Morgan fingerprint density at radius 2 is 1.60 bits per heavy atom. The minimum absolute atomic E-state index is 0.190. The fraction of sp³-hybridized carbons (Fsp3) is 0.100. The van der Waals surface area contributed by atoms with E-state index in [9.17, 15) is 26.4 Å². The zero-order chi connectivity index (χ0) is 21.8. The van der Waals surface area contributed by atoms with Crippen LogP contribution in [0, 0.1) is 0 Å². The van der Waals surface area contributed by atoms with Gasteiger partial charge >= 0.3 is 12.2 Å². The molecule has 0 aliphatic heterocycles. The number of hydrogen-bond acceptors (Lipinski definition) is 4. The molecule has 156 valence electrons. The molecule has 1 heterocycles. The molecule has 10 heteroatoms. The summed E-state index contributed by atoms with van der Waals surface area (Å²) in [5.41, 5.74) is 0.126. The zero-order valence-electron chi connectivity index (χ0n) is 15.3. The molecule has 0 fully saturated rings. The third-order valence-electron chi connectivity index (χ3n) is 4.10. The summed E-state index contributed by atoms with van der Waals surface area (Å²) in [6, 6.07) is 11.7. The van der Waals surface area contributed by atoms with Crippen molar-refractivity contribution in [1.29, 1.82) is 0 Å². The first kappa shape index (κ1) is 21.3. The lowest BCUT2D eigenvalue weighted by atomic mass is 10.2. The van der Waals surface area contributed by atoms with Gasteiger partial charge in [0.15, 0.2) is 0 Å². The Morgan fingerprint density at radius 1 is 0.933 bits per heavy atom. The predicted octanol–water partition coefficient (Wildman–Crippen LogP) is 4.25. The number of carbonyl (C=O) groups is 1. The molecule has 0 radical (unpaired) electrons. The summed E-state index contributed by atoms with van der Waals surface area (Å²) in [6.07, 6.45) is -1.46. The zero-order valence-corrected chi connectivity index (χ0v) is 16.2. The van der Waals surface area contributed by atoms with Crippen LogP contribution in [-0.4, -0.2) is 19.4 Å². The highest BCUT2D eigenvalue weighted by molar-refractivity contribution is 7.91. The predicted molar refractivity (Wildman–Crippen MR) is 103 cm³/mol. The summed E-state index contributed by atoms with van der Waals surface area (Å²) in [7, 11) is -4.15. The van der Waals surface area contributed by atoms with Gasteiger partial charge in [-0.15, -0.1) is 0 Å². The SMILES string of the molecule is O=C(NCc1ccncc1)Nc1ccc(S(=O)(=O)c2cccc(C(F)(F)F)c2)cc1. The summed E-state index contributed by atoms with van der Waals surface area (Å²) >= 11 is 0. The molecule has 2 aromatic carbocycles. The molecular formula is C20H16F3N3O3S. The van der Waals surface area contributed by atoms with Gasteiger partial charge in [-0.1, -0.05) is 6.07 Å². The first-order chi connectivity index (χ1) is 14.2. The van der Waals surface area contributed by atoms with Crippen LogP contribution in [0.5, 0.6) is 0 Å². The van der Waals surface area contributed by atoms with Crippen LogP contribution >= 0.6 is 0 Å². The number of urea groups is 1. The highest BCUT2D eigenvalue weighted by Crippen LogP contribution is 2.32. The standard InChI is InChI=1S/C20H16F3N3O3S/c21-20(22,23)15-2-1-3-18(12-15)30(28,29)17-6-4-16(5-7-17)26-19(27)25-13-14-8-10-24-11-9-14/h1-12H,13H2,(H2,25,26,27). The van der Waals surface area contributed by atoms with E-state index in [-0.39, 0.29) is 11.4 Å². The Labute approximate surface area is 170 Å². The number of nitrogens with one attached hydrogen (secondary N) is 2. The molecule has 1 aromatic heterocycles. The lowest BCUT2D eigenvalue weighted by Gasteiger charge is -2.11. The summed E-state index contributed by atoms with van der Waals surface area (Å²) in [4.78, 5) is 15.2. The van der Waals surface area contributed by atoms with E-state index in [1.165, 1.54) is 24.3 Å². The van der Waals surface area contributed by atoms with E-state index in [4.69, 9.17) is 0 Å². The first-order valence-electron chi connectivity index (χ1n) is 8.62. The molecule has 0 bridgehead atoms. The molecule has 0 unspecified atom stereocenters. The summed E-state index contributed by atoms with van der Waals surface area (Å²) in [6.45, 7) is 0.274. The minimum Gasteiger partial charge on any atom is -0.334 e. The van der Waals surface area contributed by atoms with Crippen LogP contribution in [-0.2, 0) is 22.6 Å². The lowest BCUT2D eigenvalue weighted by molar-refractivity contribution is -0.137. The van der Waals surface area contributed by atoms with Crippen LogP contribution in [0.3, 0.4) is 0 Å². The number of sulfone groups is 1. The molecule has 3 aromatic rings. The molecule has 0 atom stereocenters. The van der Waals surface area contributed by atoms with Crippen molar-refractivity contribution < 1.29 is 26.4 Å². The van der Waals surface area contributed by atoms with Gasteiger partial charge in [-0.3, -0.25) is 4.98 Å². The minimum atomic E-state index is -4.65. The Hall–Kier alpha value is -3.40. The lowest BCUT2D eigenvalue weighted by Crippen LogP contribution is -2.28. The highest BCUT2D eigenvalue weighted by Gasteiger charge is 2.32. The van der Waals surface area contributed by atoms with Crippen LogP contribution < -0.4 is 10.6 Å². The third kappa shape index (κ3) is 5.15. The molecule has 0 saturated heterocycles. The Morgan fingerprint density at radius 3 is 2.23 bits per heavy atom. The van der Waals surface area contributed by atoms with E-state index in [2.05, 4.69) is 15.6 Å². The molecule has 0 saturated carbocycles. The number of benzene rings is 2. The summed E-state index contributed by atoms with van der Waals surface area (Å²) in [5, 5.41) is 5.19. The van der Waals surface area contributed by atoms with E-state index in [0.29, 0.717) is 11.8 Å². The molecule has 2 amide bonds.